The number of pyridine rings is 1. The van der Waals surface area contributed by atoms with Crippen LogP contribution in [0.2, 0.25) is 0 Å². The minimum Gasteiger partial charge on any atom is -0.497 e. The first-order chi connectivity index (χ1) is 15.2. The molecule has 0 saturated heterocycles. The van der Waals surface area contributed by atoms with Crippen LogP contribution in [0.1, 0.15) is 29.8 Å². The topological polar surface area (TPSA) is 54.9 Å². The van der Waals surface area contributed by atoms with Gasteiger partial charge < -0.3 is 14.4 Å². The van der Waals surface area contributed by atoms with Crippen LogP contribution in [0.3, 0.4) is 0 Å². The number of hydrogen-bond donors (Lipinski definition) is 0. The summed E-state index contributed by atoms with van der Waals surface area (Å²) in [6.45, 7) is 9.31. The first-order valence-corrected chi connectivity index (χ1v) is 9.86. The first-order valence-electron chi connectivity index (χ1n) is 9.86. The van der Waals surface area contributed by atoms with Crippen molar-refractivity contribution >= 4 is 17.4 Å². The predicted octanol–water partition coefficient (Wildman–Crippen LogP) is 5.24. The highest BCUT2D eigenvalue weighted by Gasteiger charge is 2.35. The molecule has 8 heteroatoms. The van der Waals surface area contributed by atoms with Crippen molar-refractivity contribution in [2.24, 2.45) is 0 Å². The molecular weight excluding hydrogens is 416 g/mol. The van der Waals surface area contributed by atoms with E-state index in [0.29, 0.717) is 22.7 Å². The lowest BCUT2D eigenvalue weighted by atomic mass is 10.1. The summed E-state index contributed by atoms with van der Waals surface area (Å²) in [4.78, 5) is 20.9. The van der Waals surface area contributed by atoms with Crippen LogP contribution in [0, 0.1) is 18.6 Å². The molecule has 6 nitrogen and oxygen atoms in total. The molecule has 1 amide bonds. The van der Waals surface area contributed by atoms with Gasteiger partial charge >= 0.3 is 0 Å². The number of carbonyl (C=O) groups excluding carboxylic acids is 1. The molecule has 0 saturated carbocycles. The number of aromatic nitrogens is 1. The minimum absolute atomic E-state index is 0.0657. The lowest BCUT2D eigenvalue weighted by molar-refractivity contribution is 0.0799. The Labute approximate surface area is 186 Å². The minimum atomic E-state index is -0.751. The predicted molar refractivity (Wildman–Crippen MR) is 119 cm³/mol. The molecule has 2 heterocycles. The van der Waals surface area contributed by atoms with Gasteiger partial charge in [-0.05, 0) is 62.8 Å². The van der Waals surface area contributed by atoms with Crippen LogP contribution in [-0.2, 0) is 4.74 Å². The fraction of sp³-hybridized carbons (Fsp3) is 0.250. The summed E-state index contributed by atoms with van der Waals surface area (Å²) in [6.07, 6.45) is 3.36. The quantitative estimate of drug-likeness (QED) is 0.453. The van der Waals surface area contributed by atoms with Crippen molar-refractivity contribution in [1.82, 2.24) is 9.88 Å². The van der Waals surface area contributed by atoms with Crippen molar-refractivity contribution in [2.75, 3.05) is 25.8 Å². The average molecular weight is 441 g/mol. The molecule has 1 aromatic carbocycles. The van der Waals surface area contributed by atoms with Crippen LogP contribution in [0.25, 0.3) is 0 Å². The molecule has 0 atom stereocenters. The average Bonchev–Trinajstić information content (AvgIpc) is 2.75. The number of carbonyl (C=O) groups is 1. The van der Waals surface area contributed by atoms with Crippen molar-refractivity contribution in [2.45, 2.75) is 20.8 Å². The van der Waals surface area contributed by atoms with Gasteiger partial charge in [-0.15, -0.1) is 0 Å². The zero-order chi connectivity index (χ0) is 23.6. The van der Waals surface area contributed by atoms with Gasteiger partial charge in [0, 0.05) is 11.4 Å². The summed E-state index contributed by atoms with van der Waals surface area (Å²) in [7, 11) is 2.80. The molecule has 1 aromatic heterocycles. The van der Waals surface area contributed by atoms with Crippen LogP contribution in [-0.4, -0.2) is 36.7 Å². The molecule has 3 rings (SSSR count). The number of fused-ring (bicyclic) bond motifs is 1. The van der Waals surface area contributed by atoms with Crippen LogP contribution < -0.4 is 9.64 Å². The second kappa shape index (κ2) is 9.21. The smallest absolute Gasteiger partial charge is 0.263 e. The van der Waals surface area contributed by atoms with Gasteiger partial charge in [0.2, 0.25) is 0 Å². The molecule has 0 bridgehead atoms. The van der Waals surface area contributed by atoms with Crippen LogP contribution in [0.5, 0.6) is 5.88 Å². The van der Waals surface area contributed by atoms with E-state index >= 15 is 0 Å². The summed E-state index contributed by atoms with van der Waals surface area (Å²) in [5.74, 6) is -1.14. The fourth-order valence-electron chi connectivity index (χ4n) is 3.45. The van der Waals surface area contributed by atoms with Gasteiger partial charge in [0.25, 0.3) is 11.8 Å². The number of aryl methyl sites for hydroxylation is 1. The molecular formula is C24H25F2N3O3. The van der Waals surface area contributed by atoms with Crippen molar-refractivity contribution in [3.05, 3.63) is 82.8 Å². The van der Waals surface area contributed by atoms with E-state index < -0.39 is 11.7 Å². The molecule has 168 valence electrons. The Bertz CT molecular complexity index is 1140. The largest absolute Gasteiger partial charge is 0.497 e. The van der Waals surface area contributed by atoms with Gasteiger partial charge in [-0.2, -0.15) is 4.98 Å². The molecule has 1 aliphatic rings. The van der Waals surface area contributed by atoms with Crippen LogP contribution in [0.4, 0.5) is 20.3 Å². The molecule has 0 aliphatic carbocycles. The van der Waals surface area contributed by atoms with Gasteiger partial charge in [0.1, 0.15) is 18.2 Å². The van der Waals surface area contributed by atoms with E-state index in [4.69, 9.17) is 9.47 Å². The SMILES string of the molecule is C=C(/C=C\C(=C(C)C)N1CN(c2ccc(F)cc2C)c2nc(OC)c(F)cc2C1=O)OC. The summed E-state index contributed by atoms with van der Waals surface area (Å²) in [5.41, 5.74) is 2.78. The van der Waals surface area contributed by atoms with Gasteiger partial charge in [-0.3, -0.25) is 9.69 Å². The maximum absolute atomic E-state index is 14.5. The maximum atomic E-state index is 14.5. The highest BCUT2D eigenvalue weighted by atomic mass is 19.1. The number of anilines is 2. The van der Waals surface area contributed by atoms with E-state index in [9.17, 15) is 13.6 Å². The maximum Gasteiger partial charge on any atom is 0.263 e. The molecule has 1 aliphatic heterocycles. The van der Waals surface area contributed by atoms with Crippen LogP contribution in [0.15, 0.2) is 60.0 Å². The fourth-order valence-corrected chi connectivity index (χ4v) is 3.45. The number of ether oxygens (including phenoxy) is 2. The number of amides is 1. The van der Waals surface area contributed by atoms with E-state index in [-0.39, 0.29) is 29.7 Å². The molecule has 0 N–H and O–H groups in total. The Hall–Kier alpha value is -3.68. The third-order valence-electron chi connectivity index (χ3n) is 5.07. The zero-order valence-electron chi connectivity index (χ0n) is 18.7. The lowest BCUT2D eigenvalue weighted by Gasteiger charge is -2.38. The number of methoxy groups -OCH3 is 2. The number of rotatable bonds is 6. The second-order valence-corrected chi connectivity index (χ2v) is 7.47. The van der Waals surface area contributed by atoms with Crippen molar-refractivity contribution < 1.29 is 23.0 Å². The number of nitrogens with zero attached hydrogens (tertiary/aromatic N) is 3. The highest BCUT2D eigenvalue weighted by Crippen LogP contribution is 2.38. The third-order valence-corrected chi connectivity index (χ3v) is 5.07. The summed E-state index contributed by atoms with van der Waals surface area (Å²) >= 11 is 0. The number of benzene rings is 1. The molecule has 0 radical (unpaired) electrons. The van der Waals surface area contributed by atoms with E-state index in [1.54, 1.807) is 30.0 Å². The molecule has 0 fully saturated rings. The standard InChI is InChI=1S/C24H25F2N3O3/c1-14(2)20(9-7-16(4)31-5)29-13-28(21-10-8-17(25)11-15(21)3)22-18(24(29)30)12-19(26)23(27-22)32-6/h7-12H,4,13H2,1-3,5-6H3/b9-7-. The molecule has 32 heavy (non-hydrogen) atoms. The normalized spacial score (nSPS) is 13.3. The van der Waals surface area contributed by atoms with Crippen LogP contribution >= 0.6 is 0 Å². The highest BCUT2D eigenvalue weighted by molar-refractivity contribution is 6.03. The van der Waals surface area contributed by atoms with Gasteiger partial charge in [-0.25, -0.2) is 8.78 Å². The Morgan fingerprint density at radius 1 is 1.19 bits per heavy atom. The monoisotopic (exact) mass is 441 g/mol. The first kappa shape index (κ1) is 23.0. The van der Waals surface area contributed by atoms with E-state index in [1.807, 2.05) is 13.8 Å². The molecule has 0 unspecified atom stereocenters. The number of hydrogen-bond acceptors (Lipinski definition) is 5. The number of halogens is 2. The van der Waals surface area contributed by atoms with E-state index in [2.05, 4.69) is 11.6 Å². The second-order valence-electron chi connectivity index (χ2n) is 7.47. The Morgan fingerprint density at radius 2 is 1.91 bits per heavy atom. The van der Waals surface area contributed by atoms with Crippen molar-refractivity contribution in [3.8, 4) is 5.88 Å². The third kappa shape index (κ3) is 4.34. The summed E-state index contributed by atoms with van der Waals surface area (Å²) in [5, 5.41) is 0. The lowest BCUT2D eigenvalue weighted by Crippen LogP contribution is -2.45. The molecule has 2 aromatic rings. The summed E-state index contributed by atoms with van der Waals surface area (Å²) in [6, 6.07) is 5.43. The summed E-state index contributed by atoms with van der Waals surface area (Å²) < 4.78 is 38.4. The van der Waals surface area contributed by atoms with Gasteiger partial charge in [0.15, 0.2) is 11.6 Å². The van der Waals surface area contributed by atoms with Gasteiger partial charge in [-0.1, -0.05) is 12.2 Å². The zero-order valence-corrected chi connectivity index (χ0v) is 18.7. The Balaban J connectivity index is 2.21. The van der Waals surface area contributed by atoms with E-state index in [0.717, 1.165) is 11.6 Å². The molecule has 0 spiro atoms. The Morgan fingerprint density at radius 3 is 2.50 bits per heavy atom. The van der Waals surface area contributed by atoms with Crippen molar-refractivity contribution in [3.63, 3.8) is 0 Å². The van der Waals surface area contributed by atoms with Gasteiger partial charge in [0.05, 0.1) is 19.8 Å². The number of allylic oxidation sites excluding steroid dienone is 3. The Kier molecular flexibility index (Phi) is 6.62. The van der Waals surface area contributed by atoms with Crippen molar-refractivity contribution in [1.29, 1.82) is 0 Å². The van der Waals surface area contributed by atoms with E-state index in [1.165, 1.54) is 31.3 Å².